The summed E-state index contributed by atoms with van der Waals surface area (Å²) in [6.07, 6.45) is 29.3. The van der Waals surface area contributed by atoms with Crippen molar-refractivity contribution in [2.45, 2.75) is 200 Å². The lowest BCUT2D eigenvalue weighted by Crippen LogP contribution is -2.15. The SMILES string of the molecule is CCC(C)Br.CCC(C)OC(=O)OCCCCc1ccccc1.CCCCCCCCCCCCCCCCC.OCCCCc1ccccc1. The fraction of sp³-hybridized carbons (Fsp3) is 0.717. The number of halogens is 1. The van der Waals surface area contributed by atoms with Gasteiger partial charge < -0.3 is 14.6 Å². The highest BCUT2D eigenvalue weighted by molar-refractivity contribution is 9.09. The summed E-state index contributed by atoms with van der Waals surface area (Å²) in [6, 6.07) is 20.7. The largest absolute Gasteiger partial charge is 0.508 e. The van der Waals surface area contributed by atoms with Crippen LogP contribution in [0, 0.1) is 0 Å². The van der Waals surface area contributed by atoms with E-state index in [0.29, 0.717) is 18.0 Å². The molecule has 0 aromatic heterocycles. The van der Waals surface area contributed by atoms with E-state index in [0.717, 1.165) is 44.9 Å². The zero-order chi connectivity index (χ0) is 38.0. The normalized spacial score (nSPS) is 11.5. The molecule has 0 heterocycles. The molecule has 2 atom stereocenters. The Balaban J connectivity index is 0. The smallest absolute Gasteiger partial charge is 0.434 e. The number of alkyl halides is 1. The highest BCUT2D eigenvalue weighted by Crippen LogP contribution is 2.13. The fourth-order valence-corrected chi connectivity index (χ4v) is 5.04. The molecule has 0 aliphatic carbocycles. The number of aliphatic hydroxyl groups is 1. The van der Waals surface area contributed by atoms with Crippen molar-refractivity contribution in [1.82, 2.24) is 0 Å². The average Bonchev–Trinajstić information content (AvgIpc) is 3.15. The zero-order valence-electron chi connectivity index (χ0n) is 34.2. The summed E-state index contributed by atoms with van der Waals surface area (Å²) in [7, 11) is 0. The van der Waals surface area contributed by atoms with Crippen molar-refractivity contribution in [2.24, 2.45) is 0 Å². The van der Waals surface area contributed by atoms with Crippen molar-refractivity contribution >= 4 is 22.1 Å². The Labute approximate surface area is 325 Å². The van der Waals surface area contributed by atoms with Gasteiger partial charge in [-0.2, -0.15) is 0 Å². The summed E-state index contributed by atoms with van der Waals surface area (Å²) in [5.74, 6) is 0. The van der Waals surface area contributed by atoms with E-state index in [9.17, 15) is 4.79 Å². The number of hydrogen-bond donors (Lipinski definition) is 1. The quantitative estimate of drug-likeness (QED) is 0.0587. The van der Waals surface area contributed by atoms with Gasteiger partial charge in [-0.3, -0.25) is 0 Å². The van der Waals surface area contributed by atoms with Gasteiger partial charge in [0.1, 0.15) is 6.10 Å². The Morgan fingerprint density at radius 2 is 0.941 bits per heavy atom. The topological polar surface area (TPSA) is 55.8 Å². The number of ether oxygens (including phenoxy) is 2. The standard InChI is InChI=1S/C17H36.C15H22O3.C10H14O.C4H9Br/c1-3-5-7-9-11-13-15-17-16-14-12-10-8-6-4-2;1-3-13(2)18-15(16)17-12-8-7-11-14-9-5-4-6-10-14;11-9-5-4-8-10-6-2-1-3-7-10;1-3-4(2)5/h3-17H2,1-2H3;4-6,9-10,13H,3,7-8,11-12H2,1-2H3;1-3,6-7,11H,4-5,8-9H2;4H,3H2,1-2H3. The fourth-order valence-electron chi connectivity index (χ4n) is 5.04. The molecule has 296 valence electrons. The highest BCUT2D eigenvalue weighted by Gasteiger charge is 2.08. The second-order valence-corrected chi connectivity index (χ2v) is 15.4. The lowest BCUT2D eigenvalue weighted by atomic mass is 10.0. The molecule has 2 unspecified atom stereocenters. The molecular weight excluding hydrogens is 696 g/mol. The molecule has 4 nitrogen and oxygen atoms in total. The molecule has 51 heavy (non-hydrogen) atoms. The van der Waals surface area contributed by atoms with Crippen LogP contribution in [0.1, 0.15) is 188 Å². The highest BCUT2D eigenvalue weighted by atomic mass is 79.9. The van der Waals surface area contributed by atoms with Gasteiger partial charge in [-0.25, -0.2) is 4.79 Å². The maximum atomic E-state index is 11.2. The van der Waals surface area contributed by atoms with Crippen LogP contribution in [0.4, 0.5) is 4.79 Å². The average molecular weight is 778 g/mol. The van der Waals surface area contributed by atoms with Gasteiger partial charge in [-0.05, 0) is 69.4 Å². The molecule has 2 aromatic carbocycles. The van der Waals surface area contributed by atoms with Gasteiger partial charge >= 0.3 is 6.16 Å². The second-order valence-electron chi connectivity index (χ2n) is 13.8. The van der Waals surface area contributed by atoms with Crippen LogP contribution in [0.2, 0.25) is 0 Å². The van der Waals surface area contributed by atoms with E-state index >= 15 is 0 Å². The number of carbonyl (C=O) groups is 1. The molecule has 1 N–H and O–H groups in total. The van der Waals surface area contributed by atoms with Crippen molar-refractivity contribution in [1.29, 1.82) is 0 Å². The van der Waals surface area contributed by atoms with Gasteiger partial charge in [-0.1, -0.05) is 208 Å². The third-order valence-corrected chi connectivity index (χ3v) is 9.43. The lowest BCUT2D eigenvalue weighted by Gasteiger charge is -2.10. The van der Waals surface area contributed by atoms with E-state index in [1.807, 2.05) is 50.2 Å². The molecule has 0 aliphatic rings. The second kappa shape index (κ2) is 42.6. The van der Waals surface area contributed by atoms with Gasteiger partial charge in [0.2, 0.25) is 0 Å². The summed E-state index contributed by atoms with van der Waals surface area (Å²) < 4.78 is 9.99. The van der Waals surface area contributed by atoms with Crippen LogP contribution in [0.15, 0.2) is 60.7 Å². The first kappa shape index (κ1) is 51.3. The predicted molar refractivity (Wildman–Crippen MR) is 227 cm³/mol. The molecule has 2 aromatic rings. The maximum absolute atomic E-state index is 11.2. The van der Waals surface area contributed by atoms with E-state index in [-0.39, 0.29) is 6.10 Å². The third-order valence-electron chi connectivity index (χ3n) is 8.78. The van der Waals surface area contributed by atoms with Gasteiger partial charge in [0.05, 0.1) is 6.61 Å². The lowest BCUT2D eigenvalue weighted by molar-refractivity contribution is 0.0273. The van der Waals surface area contributed by atoms with Gasteiger partial charge in [0.15, 0.2) is 0 Å². The summed E-state index contributed by atoms with van der Waals surface area (Å²) in [5, 5.41) is 8.54. The molecule has 0 aliphatic heterocycles. The number of carbonyl (C=O) groups excluding carboxylic acids is 1. The molecule has 0 fully saturated rings. The van der Waals surface area contributed by atoms with Crippen molar-refractivity contribution in [3.8, 4) is 0 Å². The minimum atomic E-state index is -0.552. The van der Waals surface area contributed by atoms with E-state index in [1.165, 1.54) is 114 Å². The molecule has 2 rings (SSSR count). The number of hydrogen-bond acceptors (Lipinski definition) is 4. The number of aryl methyl sites for hydroxylation is 2. The molecule has 0 saturated heterocycles. The Morgan fingerprint density at radius 1 is 0.569 bits per heavy atom. The van der Waals surface area contributed by atoms with E-state index in [4.69, 9.17) is 14.6 Å². The van der Waals surface area contributed by atoms with E-state index in [1.54, 1.807) is 0 Å². The van der Waals surface area contributed by atoms with Crippen LogP contribution in [0.25, 0.3) is 0 Å². The molecular formula is C46H81BrO4. The van der Waals surface area contributed by atoms with Crippen LogP contribution in [-0.4, -0.2) is 35.4 Å². The first-order valence-electron chi connectivity index (χ1n) is 21.0. The minimum absolute atomic E-state index is 0.0678. The van der Waals surface area contributed by atoms with Crippen molar-refractivity contribution < 1.29 is 19.4 Å². The molecule has 0 saturated carbocycles. The molecule has 0 spiro atoms. The van der Waals surface area contributed by atoms with Crippen molar-refractivity contribution in [3.05, 3.63) is 71.8 Å². The van der Waals surface area contributed by atoms with Crippen LogP contribution in [0.5, 0.6) is 0 Å². The van der Waals surface area contributed by atoms with Crippen LogP contribution in [0.3, 0.4) is 0 Å². The predicted octanol–water partition coefficient (Wildman–Crippen LogP) is 15.0. The first-order valence-corrected chi connectivity index (χ1v) is 21.9. The molecule has 0 amide bonds. The van der Waals surface area contributed by atoms with E-state index in [2.05, 4.69) is 67.9 Å². The number of rotatable bonds is 26. The minimum Gasteiger partial charge on any atom is -0.434 e. The summed E-state index contributed by atoms with van der Waals surface area (Å²) in [5.41, 5.74) is 2.68. The molecule has 0 bridgehead atoms. The number of benzene rings is 2. The first-order chi connectivity index (χ1) is 24.8. The summed E-state index contributed by atoms with van der Waals surface area (Å²) >= 11 is 3.37. The van der Waals surface area contributed by atoms with Crippen LogP contribution in [-0.2, 0) is 22.3 Å². The monoisotopic (exact) mass is 777 g/mol. The summed E-state index contributed by atoms with van der Waals surface area (Å²) in [4.78, 5) is 11.9. The van der Waals surface area contributed by atoms with Crippen molar-refractivity contribution in [2.75, 3.05) is 13.2 Å². The van der Waals surface area contributed by atoms with Crippen molar-refractivity contribution in [3.63, 3.8) is 0 Å². The summed E-state index contributed by atoms with van der Waals surface area (Å²) in [6.45, 7) is 13.4. The molecule has 0 radical (unpaired) electrons. The Kier molecular flexibility index (Phi) is 42.8. The van der Waals surface area contributed by atoms with Gasteiger partial charge in [0.25, 0.3) is 0 Å². The number of aliphatic hydroxyl groups excluding tert-OH is 1. The Bertz CT molecular complexity index is 907. The number of unbranched alkanes of at least 4 members (excludes halogenated alkanes) is 16. The van der Waals surface area contributed by atoms with Gasteiger partial charge in [-0.15, -0.1) is 0 Å². The van der Waals surface area contributed by atoms with Gasteiger partial charge in [0, 0.05) is 11.4 Å². The van der Waals surface area contributed by atoms with Crippen LogP contribution >= 0.6 is 15.9 Å². The Hall–Kier alpha value is -1.85. The van der Waals surface area contributed by atoms with Crippen LogP contribution < -0.4 is 0 Å². The Morgan fingerprint density at radius 3 is 1.27 bits per heavy atom. The van der Waals surface area contributed by atoms with E-state index < -0.39 is 6.16 Å². The third kappa shape index (κ3) is 42.5. The zero-order valence-corrected chi connectivity index (χ0v) is 35.7. The molecule has 5 heteroatoms. The maximum Gasteiger partial charge on any atom is 0.508 e.